The van der Waals surface area contributed by atoms with Crippen molar-refractivity contribution in [2.75, 3.05) is 0 Å². The fraction of sp³-hybridized carbons (Fsp3) is 0.364. The van der Waals surface area contributed by atoms with Crippen molar-refractivity contribution >= 4 is 21.7 Å². The minimum absolute atomic E-state index is 0.112. The molecule has 2 N–H and O–H groups in total. The van der Waals surface area contributed by atoms with Gasteiger partial charge in [0.05, 0.1) is 6.04 Å². The second-order valence-electron chi connectivity index (χ2n) is 3.22. The number of hydrogen-bond donors (Lipinski definition) is 1. The SMILES string of the molecule is CCC(=O)C(N)Cc1ccccc1Br. The molecule has 1 aromatic rings. The Morgan fingerprint density at radius 1 is 1.50 bits per heavy atom. The quantitative estimate of drug-likeness (QED) is 0.898. The molecule has 0 amide bonds. The number of carbonyl (C=O) groups excluding carboxylic acids is 1. The molecule has 0 aliphatic heterocycles. The minimum Gasteiger partial charge on any atom is -0.321 e. The number of carbonyl (C=O) groups is 1. The number of benzene rings is 1. The van der Waals surface area contributed by atoms with Crippen molar-refractivity contribution < 1.29 is 4.79 Å². The summed E-state index contributed by atoms with van der Waals surface area (Å²) < 4.78 is 1.01. The van der Waals surface area contributed by atoms with E-state index in [0.29, 0.717) is 12.8 Å². The topological polar surface area (TPSA) is 43.1 Å². The monoisotopic (exact) mass is 255 g/mol. The number of ketones is 1. The standard InChI is InChI=1S/C11H14BrNO/c1-2-11(14)10(13)7-8-5-3-4-6-9(8)12/h3-6,10H,2,7,13H2,1H3. The molecule has 0 radical (unpaired) electrons. The molecule has 0 aliphatic carbocycles. The smallest absolute Gasteiger partial charge is 0.149 e. The van der Waals surface area contributed by atoms with Gasteiger partial charge in [0.2, 0.25) is 0 Å². The zero-order valence-electron chi connectivity index (χ0n) is 8.16. The highest BCUT2D eigenvalue weighted by Gasteiger charge is 2.12. The van der Waals surface area contributed by atoms with Gasteiger partial charge in [0.15, 0.2) is 0 Å². The molecule has 76 valence electrons. The first-order chi connectivity index (χ1) is 6.65. The highest BCUT2D eigenvalue weighted by Crippen LogP contribution is 2.17. The van der Waals surface area contributed by atoms with Crippen molar-refractivity contribution in [1.29, 1.82) is 0 Å². The summed E-state index contributed by atoms with van der Waals surface area (Å²) >= 11 is 3.43. The fourth-order valence-corrected chi connectivity index (χ4v) is 1.72. The number of halogens is 1. The summed E-state index contributed by atoms with van der Waals surface area (Å²) in [5, 5.41) is 0. The molecule has 1 rings (SSSR count). The molecule has 0 spiro atoms. The van der Waals surface area contributed by atoms with Gasteiger partial charge >= 0.3 is 0 Å². The second kappa shape index (κ2) is 5.27. The van der Waals surface area contributed by atoms with E-state index in [2.05, 4.69) is 15.9 Å². The molecule has 0 heterocycles. The van der Waals surface area contributed by atoms with Gasteiger partial charge in [0, 0.05) is 10.9 Å². The molecular weight excluding hydrogens is 242 g/mol. The molecular formula is C11H14BrNO. The Morgan fingerprint density at radius 3 is 2.71 bits per heavy atom. The predicted octanol–water partition coefficient (Wildman–Crippen LogP) is 2.30. The molecule has 0 fully saturated rings. The van der Waals surface area contributed by atoms with Gasteiger partial charge < -0.3 is 5.73 Å². The molecule has 14 heavy (non-hydrogen) atoms. The Kier molecular flexibility index (Phi) is 4.29. The van der Waals surface area contributed by atoms with Crippen molar-refractivity contribution in [1.82, 2.24) is 0 Å². The summed E-state index contributed by atoms with van der Waals surface area (Å²) in [6.07, 6.45) is 1.11. The third-order valence-corrected chi connectivity index (χ3v) is 2.93. The molecule has 0 bridgehead atoms. The van der Waals surface area contributed by atoms with E-state index in [-0.39, 0.29) is 11.8 Å². The van der Waals surface area contributed by atoms with Crippen molar-refractivity contribution in [2.24, 2.45) is 5.73 Å². The molecule has 3 heteroatoms. The van der Waals surface area contributed by atoms with Crippen molar-refractivity contribution in [3.8, 4) is 0 Å². The molecule has 0 aliphatic rings. The Balaban J connectivity index is 2.69. The second-order valence-corrected chi connectivity index (χ2v) is 4.08. The van der Waals surface area contributed by atoms with Gasteiger partial charge in [-0.2, -0.15) is 0 Å². The normalized spacial score (nSPS) is 12.5. The maximum Gasteiger partial charge on any atom is 0.149 e. The Labute approximate surface area is 92.6 Å². The number of hydrogen-bond acceptors (Lipinski definition) is 2. The molecule has 1 unspecified atom stereocenters. The molecule has 0 aromatic heterocycles. The molecule has 1 aromatic carbocycles. The van der Waals surface area contributed by atoms with Crippen molar-refractivity contribution in [2.45, 2.75) is 25.8 Å². The first-order valence-electron chi connectivity index (χ1n) is 4.66. The minimum atomic E-state index is -0.376. The van der Waals surface area contributed by atoms with E-state index >= 15 is 0 Å². The van der Waals surface area contributed by atoms with E-state index in [0.717, 1.165) is 10.0 Å². The summed E-state index contributed by atoms with van der Waals surface area (Å²) in [4.78, 5) is 11.3. The number of rotatable bonds is 4. The van der Waals surface area contributed by atoms with Crippen LogP contribution in [0.2, 0.25) is 0 Å². The van der Waals surface area contributed by atoms with E-state index in [1.54, 1.807) is 0 Å². The fourth-order valence-electron chi connectivity index (χ4n) is 1.28. The Hall–Kier alpha value is -0.670. The van der Waals surface area contributed by atoms with Gasteiger partial charge in [0.1, 0.15) is 5.78 Å². The van der Waals surface area contributed by atoms with Crippen LogP contribution in [0.5, 0.6) is 0 Å². The molecule has 1 atom stereocenters. The van der Waals surface area contributed by atoms with E-state index in [1.807, 2.05) is 31.2 Å². The lowest BCUT2D eigenvalue weighted by molar-refractivity contribution is -0.119. The largest absolute Gasteiger partial charge is 0.321 e. The van der Waals surface area contributed by atoms with Gasteiger partial charge in [-0.15, -0.1) is 0 Å². The summed E-state index contributed by atoms with van der Waals surface area (Å²) in [6.45, 7) is 1.84. The van der Waals surface area contributed by atoms with Crippen LogP contribution in [0, 0.1) is 0 Å². The molecule has 0 saturated heterocycles. The zero-order chi connectivity index (χ0) is 10.6. The maximum atomic E-state index is 11.3. The summed E-state index contributed by atoms with van der Waals surface area (Å²) in [7, 11) is 0. The van der Waals surface area contributed by atoms with Crippen LogP contribution in [0.25, 0.3) is 0 Å². The average Bonchev–Trinajstić information content (AvgIpc) is 2.20. The van der Waals surface area contributed by atoms with Gasteiger partial charge in [-0.25, -0.2) is 0 Å². The van der Waals surface area contributed by atoms with Crippen LogP contribution < -0.4 is 5.73 Å². The van der Waals surface area contributed by atoms with Gasteiger partial charge in [-0.3, -0.25) is 4.79 Å². The lowest BCUT2D eigenvalue weighted by atomic mass is 10.0. The van der Waals surface area contributed by atoms with E-state index in [4.69, 9.17) is 5.73 Å². The molecule has 2 nitrogen and oxygen atoms in total. The van der Waals surface area contributed by atoms with Crippen molar-refractivity contribution in [3.05, 3.63) is 34.3 Å². The average molecular weight is 256 g/mol. The highest BCUT2D eigenvalue weighted by molar-refractivity contribution is 9.10. The third kappa shape index (κ3) is 2.93. The molecule has 0 saturated carbocycles. The first-order valence-corrected chi connectivity index (χ1v) is 5.46. The van der Waals surface area contributed by atoms with Crippen LogP contribution >= 0.6 is 15.9 Å². The number of nitrogens with two attached hydrogens (primary N) is 1. The number of Topliss-reactive ketones (excluding diaryl/α,β-unsaturated/α-hetero) is 1. The van der Waals surface area contributed by atoms with Gasteiger partial charge in [0.25, 0.3) is 0 Å². The van der Waals surface area contributed by atoms with Gasteiger partial charge in [-0.1, -0.05) is 41.1 Å². The van der Waals surface area contributed by atoms with Crippen LogP contribution in [-0.2, 0) is 11.2 Å². The zero-order valence-corrected chi connectivity index (χ0v) is 9.75. The van der Waals surface area contributed by atoms with E-state index in [9.17, 15) is 4.79 Å². The van der Waals surface area contributed by atoms with Crippen LogP contribution in [-0.4, -0.2) is 11.8 Å². The third-order valence-electron chi connectivity index (χ3n) is 2.16. The summed E-state index contributed by atoms with van der Waals surface area (Å²) in [5.41, 5.74) is 6.84. The van der Waals surface area contributed by atoms with Crippen LogP contribution in [0.4, 0.5) is 0 Å². The van der Waals surface area contributed by atoms with Crippen LogP contribution in [0.3, 0.4) is 0 Å². The first kappa shape index (κ1) is 11.4. The van der Waals surface area contributed by atoms with Crippen LogP contribution in [0.1, 0.15) is 18.9 Å². The van der Waals surface area contributed by atoms with Gasteiger partial charge in [-0.05, 0) is 18.1 Å². The maximum absolute atomic E-state index is 11.3. The van der Waals surface area contributed by atoms with E-state index in [1.165, 1.54) is 0 Å². The summed E-state index contributed by atoms with van der Waals surface area (Å²) in [5.74, 6) is 0.112. The highest BCUT2D eigenvalue weighted by atomic mass is 79.9. The van der Waals surface area contributed by atoms with Crippen LogP contribution in [0.15, 0.2) is 28.7 Å². The lowest BCUT2D eigenvalue weighted by Gasteiger charge is -2.10. The Bertz CT molecular complexity index is 325. The predicted molar refractivity (Wildman–Crippen MR) is 61.1 cm³/mol. The Morgan fingerprint density at radius 2 is 2.14 bits per heavy atom. The van der Waals surface area contributed by atoms with Crippen molar-refractivity contribution in [3.63, 3.8) is 0 Å². The lowest BCUT2D eigenvalue weighted by Crippen LogP contribution is -2.32. The summed E-state index contributed by atoms with van der Waals surface area (Å²) in [6, 6.07) is 7.45. The van der Waals surface area contributed by atoms with E-state index < -0.39 is 0 Å².